The van der Waals surface area contributed by atoms with E-state index in [9.17, 15) is 14.4 Å². The zero-order valence-electron chi connectivity index (χ0n) is 16.6. The van der Waals surface area contributed by atoms with Crippen LogP contribution in [0.4, 0.5) is 5.69 Å². The molecule has 2 aromatic rings. The number of nitrogens with zero attached hydrogens (tertiary/aromatic N) is 1. The Labute approximate surface area is 174 Å². The minimum Gasteiger partial charge on any atom is -0.462 e. The first-order chi connectivity index (χ1) is 14.6. The Balaban J connectivity index is 1.71. The van der Waals surface area contributed by atoms with Crippen LogP contribution in [-0.4, -0.2) is 55.3 Å². The molecule has 1 aliphatic heterocycles. The van der Waals surface area contributed by atoms with E-state index < -0.39 is 5.97 Å². The number of carbonyl (C=O) groups excluding carboxylic acids is 3. The second-order valence-electron chi connectivity index (χ2n) is 6.95. The number of hydrogen-bond donors (Lipinski definition) is 1. The summed E-state index contributed by atoms with van der Waals surface area (Å²) in [5.41, 5.74) is 2.41. The Morgan fingerprint density at radius 3 is 2.27 bits per heavy atom. The predicted octanol–water partition coefficient (Wildman–Crippen LogP) is 2.90. The van der Waals surface area contributed by atoms with Crippen molar-refractivity contribution in [2.24, 2.45) is 0 Å². The molecular formula is C23H22N2O5. The highest BCUT2D eigenvalue weighted by atomic mass is 16.5. The number of ether oxygens (including phenoxy) is 2. The summed E-state index contributed by atoms with van der Waals surface area (Å²) in [5, 5.41) is 3.12. The van der Waals surface area contributed by atoms with Crippen LogP contribution < -0.4 is 5.32 Å². The zero-order chi connectivity index (χ0) is 21.1. The Kier molecular flexibility index (Phi) is 5.63. The fourth-order valence-corrected chi connectivity index (χ4v) is 3.62. The van der Waals surface area contributed by atoms with Crippen LogP contribution in [0.2, 0.25) is 0 Å². The number of hydrogen-bond acceptors (Lipinski definition) is 7. The standard InChI is InChI=1S/C23H22N2O5/c1-2-30-23(28)15-7-9-16(10-8-15)24-19-20(25-11-13-29-14-12-25)22(27)18-6-4-3-5-17(18)21(19)26/h3-10,24H,2,11-14H2,1H3. The molecular weight excluding hydrogens is 384 g/mol. The summed E-state index contributed by atoms with van der Waals surface area (Å²) in [7, 11) is 0. The number of ketones is 2. The average molecular weight is 406 g/mol. The normalized spacial score (nSPS) is 16.4. The number of fused-ring (bicyclic) bond motifs is 1. The highest BCUT2D eigenvalue weighted by Crippen LogP contribution is 2.30. The maximum absolute atomic E-state index is 13.3. The van der Waals surface area contributed by atoms with Gasteiger partial charge < -0.3 is 19.7 Å². The molecule has 0 atom stereocenters. The van der Waals surface area contributed by atoms with Crippen molar-refractivity contribution in [3.63, 3.8) is 0 Å². The molecule has 4 rings (SSSR count). The Bertz CT molecular complexity index is 1020. The molecule has 0 spiro atoms. The number of carbonyl (C=O) groups is 3. The van der Waals surface area contributed by atoms with Gasteiger partial charge in [0.1, 0.15) is 11.4 Å². The molecule has 1 N–H and O–H groups in total. The van der Waals surface area contributed by atoms with Gasteiger partial charge in [-0.15, -0.1) is 0 Å². The van der Waals surface area contributed by atoms with E-state index in [4.69, 9.17) is 9.47 Å². The lowest BCUT2D eigenvalue weighted by atomic mass is 9.89. The number of allylic oxidation sites excluding steroid dienone is 2. The van der Waals surface area contributed by atoms with Crippen LogP contribution in [0.15, 0.2) is 59.9 Å². The van der Waals surface area contributed by atoms with E-state index >= 15 is 0 Å². The fraction of sp³-hybridized carbons (Fsp3) is 0.261. The predicted molar refractivity (Wildman–Crippen MR) is 111 cm³/mol. The summed E-state index contributed by atoms with van der Waals surface area (Å²) in [4.78, 5) is 40.3. The van der Waals surface area contributed by atoms with Gasteiger partial charge in [0, 0.05) is 29.9 Å². The zero-order valence-corrected chi connectivity index (χ0v) is 16.6. The molecule has 0 saturated carbocycles. The molecule has 0 radical (unpaired) electrons. The third kappa shape index (κ3) is 3.71. The van der Waals surface area contributed by atoms with Crippen LogP contribution in [0.3, 0.4) is 0 Å². The summed E-state index contributed by atoms with van der Waals surface area (Å²) in [6.07, 6.45) is 0. The van der Waals surface area contributed by atoms with Gasteiger partial charge in [0.15, 0.2) is 0 Å². The van der Waals surface area contributed by atoms with Crippen LogP contribution in [0.1, 0.15) is 38.0 Å². The van der Waals surface area contributed by atoms with E-state index in [0.717, 1.165) is 0 Å². The van der Waals surface area contributed by atoms with Gasteiger partial charge in [-0.05, 0) is 31.2 Å². The SMILES string of the molecule is CCOC(=O)c1ccc(NC2=C(N3CCOCC3)C(=O)c3ccccc3C2=O)cc1. The Morgan fingerprint density at radius 2 is 1.63 bits per heavy atom. The molecule has 2 aliphatic rings. The van der Waals surface area contributed by atoms with Crippen LogP contribution in [0.5, 0.6) is 0 Å². The summed E-state index contributed by atoms with van der Waals surface area (Å²) >= 11 is 0. The van der Waals surface area contributed by atoms with Crippen molar-refractivity contribution >= 4 is 23.2 Å². The van der Waals surface area contributed by atoms with Crippen LogP contribution in [0.25, 0.3) is 0 Å². The fourth-order valence-electron chi connectivity index (χ4n) is 3.62. The van der Waals surface area contributed by atoms with Gasteiger partial charge >= 0.3 is 5.97 Å². The number of benzene rings is 2. The molecule has 30 heavy (non-hydrogen) atoms. The minimum absolute atomic E-state index is 0.183. The number of rotatable bonds is 5. The molecule has 0 unspecified atom stereocenters. The van der Waals surface area contributed by atoms with E-state index in [1.807, 2.05) is 4.90 Å². The van der Waals surface area contributed by atoms with Gasteiger partial charge in [-0.25, -0.2) is 4.79 Å². The highest BCUT2D eigenvalue weighted by molar-refractivity contribution is 6.27. The maximum Gasteiger partial charge on any atom is 0.338 e. The first-order valence-corrected chi connectivity index (χ1v) is 9.89. The molecule has 7 nitrogen and oxygen atoms in total. The minimum atomic E-state index is -0.407. The van der Waals surface area contributed by atoms with E-state index in [-0.39, 0.29) is 17.3 Å². The largest absolute Gasteiger partial charge is 0.462 e. The van der Waals surface area contributed by atoms with E-state index in [1.54, 1.807) is 55.5 Å². The van der Waals surface area contributed by atoms with Crippen molar-refractivity contribution in [3.05, 3.63) is 76.6 Å². The Hall–Kier alpha value is -3.45. The summed E-state index contributed by atoms with van der Waals surface area (Å²) in [6, 6.07) is 13.5. The molecule has 154 valence electrons. The van der Waals surface area contributed by atoms with E-state index in [0.29, 0.717) is 61.0 Å². The van der Waals surface area contributed by atoms with Gasteiger partial charge in [0.05, 0.1) is 25.4 Å². The molecule has 7 heteroatoms. The van der Waals surface area contributed by atoms with E-state index in [2.05, 4.69) is 5.32 Å². The molecule has 1 fully saturated rings. The van der Waals surface area contributed by atoms with Gasteiger partial charge in [-0.1, -0.05) is 24.3 Å². The lowest BCUT2D eigenvalue weighted by molar-refractivity contribution is 0.0496. The Morgan fingerprint density at radius 1 is 1.00 bits per heavy atom. The number of nitrogens with one attached hydrogen (secondary N) is 1. The van der Waals surface area contributed by atoms with Crippen LogP contribution >= 0.6 is 0 Å². The first-order valence-electron chi connectivity index (χ1n) is 9.89. The number of anilines is 1. The molecule has 1 heterocycles. The van der Waals surface area contributed by atoms with Gasteiger partial charge in [-0.2, -0.15) is 0 Å². The molecule has 0 aromatic heterocycles. The van der Waals surface area contributed by atoms with Crippen molar-refractivity contribution in [1.82, 2.24) is 4.90 Å². The molecule has 0 amide bonds. The lowest BCUT2D eigenvalue weighted by Crippen LogP contribution is -2.42. The second-order valence-corrected chi connectivity index (χ2v) is 6.95. The highest BCUT2D eigenvalue weighted by Gasteiger charge is 2.35. The van der Waals surface area contributed by atoms with Crippen molar-refractivity contribution in [2.45, 2.75) is 6.92 Å². The van der Waals surface area contributed by atoms with Crippen molar-refractivity contribution in [3.8, 4) is 0 Å². The smallest absolute Gasteiger partial charge is 0.338 e. The van der Waals surface area contributed by atoms with Crippen LogP contribution in [0, 0.1) is 0 Å². The third-order valence-electron chi connectivity index (χ3n) is 5.09. The molecule has 1 saturated heterocycles. The van der Waals surface area contributed by atoms with Crippen molar-refractivity contribution in [2.75, 3.05) is 38.2 Å². The summed E-state index contributed by atoms with van der Waals surface area (Å²) < 4.78 is 10.4. The summed E-state index contributed by atoms with van der Waals surface area (Å²) in [5.74, 6) is -0.825. The molecule has 2 aromatic carbocycles. The molecule has 1 aliphatic carbocycles. The monoisotopic (exact) mass is 406 g/mol. The quantitative estimate of drug-likeness (QED) is 0.764. The van der Waals surface area contributed by atoms with E-state index in [1.165, 1.54) is 0 Å². The number of esters is 1. The van der Waals surface area contributed by atoms with Gasteiger partial charge in [0.25, 0.3) is 0 Å². The topological polar surface area (TPSA) is 84.9 Å². The van der Waals surface area contributed by atoms with Gasteiger partial charge in [0.2, 0.25) is 11.6 Å². The maximum atomic E-state index is 13.3. The van der Waals surface area contributed by atoms with Crippen molar-refractivity contribution in [1.29, 1.82) is 0 Å². The summed E-state index contributed by atoms with van der Waals surface area (Å²) in [6.45, 7) is 4.09. The van der Waals surface area contributed by atoms with Crippen molar-refractivity contribution < 1.29 is 23.9 Å². The molecule has 0 bridgehead atoms. The van der Waals surface area contributed by atoms with Gasteiger partial charge in [-0.3, -0.25) is 9.59 Å². The third-order valence-corrected chi connectivity index (χ3v) is 5.09. The number of Topliss-reactive ketones (excluding diaryl/α,β-unsaturated/α-hetero) is 2. The number of morpholine rings is 1. The first kappa shape index (κ1) is 19.8. The lowest BCUT2D eigenvalue weighted by Gasteiger charge is -2.34. The van der Waals surface area contributed by atoms with Crippen LogP contribution in [-0.2, 0) is 9.47 Å². The average Bonchev–Trinajstić information content (AvgIpc) is 2.79. The second kappa shape index (κ2) is 8.51.